The summed E-state index contributed by atoms with van der Waals surface area (Å²) in [5.41, 5.74) is 4.17. The molecule has 42 heavy (non-hydrogen) atoms. The summed E-state index contributed by atoms with van der Waals surface area (Å²) >= 11 is 6.05. The Hall–Kier alpha value is -3.36. The third-order valence-corrected chi connectivity index (χ3v) is 10.2. The summed E-state index contributed by atoms with van der Waals surface area (Å²) in [6.45, 7) is 7.41. The standard InChI is InChI=1S/C33H40ClN3O4S/c1-5-31(33(39)35-28-12-8-9-13-28)36(21-26-11-7-6-10-24(26)3)32(38)22-37(29-17-14-23(2)25(4)20-29)42(40,41)30-18-15-27(34)16-19-30/h6-7,10-11,14-20,28,31H,5,8-9,12-13,21-22H2,1-4H3,(H,35,39)/t31-/m1/s1. The van der Waals surface area contributed by atoms with E-state index in [0.717, 1.165) is 52.2 Å². The molecule has 3 aromatic carbocycles. The van der Waals surface area contributed by atoms with Gasteiger partial charge in [0.1, 0.15) is 12.6 Å². The fourth-order valence-electron chi connectivity index (χ4n) is 5.40. The van der Waals surface area contributed by atoms with Crippen molar-refractivity contribution in [2.45, 2.75) is 83.3 Å². The number of hydrogen-bond donors (Lipinski definition) is 1. The molecule has 0 spiro atoms. The fraction of sp³-hybridized carbons (Fsp3) is 0.394. The van der Waals surface area contributed by atoms with Gasteiger partial charge < -0.3 is 10.2 Å². The van der Waals surface area contributed by atoms with Crippen molar-refractivity contribution >= 4 is 39.1 Å². The highest BCUT2D eigenvalue weighted by atomic mass is 35.5. The highest BCUT2D eigenvalue weighted by Gasteiger charge is 2.34. The van der Waals surface area contributed by atoms with Crippen molar-refractivity contribution in [2.75, 3.05) is 10.8 Å². The minimum atomic E-state index is -4.15. The molecule has 0 aromatic heterocycles. The van der Waals surface area contributed by atoms with E-state index in [1.807, 2.05) is 58.0 Å². The van der Waals surface area contributed by atoms with E-state index in [2.05, 4.69) is 5.32 Å². The predicted molar refractivity (Wildman–Crippen MR) is 168 cm³/mol. The summed E-state index contributed by atoms with van der Waals surface area (Å²) in [5, 5.41) is 3.56. The number of sulfonamides is 1. The highest BCUT2D eigenvalue weighted by Crippen LogP contribution is 2.28. The van der Waals surface area contributed by atoms with Crippen molar-refractivity contribution in [3.8, 4) is 0 Å². The zero-order valence-electron chi connectivity index (χ0n) is 24.8. The lowest BCUT2D eigenvalue weighted by molar-refractivity contribution is -0.140. The van der Waals surface area contributed by atoms with Crippen molar-refractivity contribution in [2.24, 2.45) is 0 Å². The van der Waals surface area contributed by atoms with Gasteiger partial charge in [-0.3, -0.25) is 13.9 Å². The van der Waals surface area contributed by atoms with Crippen LogP contribution in [-0.4, -0.2) is 43.8 Å². The maximum atomic E-state index is 14.3. The van der Waals surface area contributed by atoms with Crippen LogP contribution in [0.3, 0.4) is 0 Å². The molecule has 0 aliphatic heterocycles. The van der Waals surface area contributed by atoms with E-state index in [-0.39, 0.29) is 23.4 Å². The molecule has 0 bridgehead atoms. The number of carbonyl (C=O) groups excluding carboxylic acids is 2. The monoisotopic (exact) mass is 609 g/mol. The lowest BCUT2D eigenvalue weighted by Gasteiger charge is -2.34. The molecule has 0 saturated heterocycles. The molecule has 1 atom stereocenters. The Morgan fingerprint density at radius 1 is 0.929 bits per heavy atom. The van der Waals surface area contributed by atoms with Crippen LogP contribution >= 0.6 is 11.6 Å². The molecule has 7 nitrogen and oxygen atoms in total. The number of carbonyl (C=O) groups is 2. The van der Waals surface area contributed by atoms with E-state index in [1.165, 1.54) is 29.2 Å². The number of nitrogens with one attached hydrogen (secondary N) is 1. The predicted octanol–water partition coefficient (Wildman–Crippen LogP) is 6.33. The van der Waals surface area contributed by atoms with E-state index in [0.29, 0.717) is 17.1 Å². The van der Waals surface area contributed by atoms with Crippen LogP contribution in [0.5, 0.6) is 0 Å². The second-order valence-electron chi connectivity index (χ2n) is 11.1. The van der Waals surface area contributed by atoms with Crippen LogP contribution in [0, 0.1) is 20.8 Å². The first-order chi connectivity index (χ1) is 20.0. The summed E-state index contributed by atoms with van der Waals surface area (Å²) in [4.78, 5) is 29.4. The molecule has 1 saturated carbocycles. The number of anilines is 1. The van der Waals surface area contributed by atoms with Crippen LogP contribution in [0.4, 0.5) is 5.69 Å². The molecule has 1 aliphatic rings. The first-order valence-corrected chi connectivity index (χ1v) is 16.3. The molecule has 0 radical (unpaired) electrons. The van der Waals surface area contributed by atoms with Gasteiger partial charge in [-0.05, 0) is 98.7 Å². The Bertz CT molecular complexity index is 1520. The number of amides is 2. The topological polar surface area (TPSA) is 86.8 Å². The Labute approximate surface area is 254 Å². The van der Waals surface area contributed by atoms with E-state index in [9.17, 15) is 18.0 Å². The third kappa shape index (κ3) is 7.34. The van der Waals surface area contributed by atoms with Gasteiger partial charge in [-0.15, -0.1) is 0 Å². The normalized spacial score (nSPS) is 14.4. The molecular weight excluding hydrogens is 570 g/mol. The summed E-state index contributed by atoms with van der Waals surface area (Å²) < 4.78 is 29.2. The largest absolute Gasteiger partial charge is 0.352 e. The molecule has 1 aliphatic carbocycles. The zero-order chi connectivity index (χ0) is 30.4. The first kappa shape index (κ1) is 31.6. The number of aryl methyl sites for hydroxylation is 3. The van der Waals surface area contributed by atoms with Crippen molar-refractivity contribution in [3.05, 3.63) is 94.0 Å². The Morgan fingerprint density at radius 2 is 1.60 bits per heavy atom. The summed E-state index contributed by atoms with van der Waals surface area (Å²) in [5.74, 6) is -0.660. The van der Waals surface area contributed by atoms with Crippen molar-refractivity contribution < 1.29 is 18.0 Å². The zero-order valence-corrected chi connectivity index (χ0v) is 26.3. The van der Waals surface area contributed by atoms with E-state index in [1.54, 1.807) is 12.1 Å². The summed E-state index contributed by atoms with van der Waals surface area (Å²) in [7, 11) is -4.15. The number of hydrogen-bond acceptors (Lipinski definition) is 4. The molecule has 0 unspecified atom stereocenters. The van der Waals surface area contributed by atoms with Crippen LogP contribution < -0.4 is 9.62 Å². The van der Waals surface area contributed by atoms with Gasteiger partial charge in [-0.25, -0.2) is 8.42 Å². The SMILES string of the molecule is CC[C@H](C(=O)NC1CCCC1)N(Cc1ccccc1C)C(=O)CN(c1ccc(C)c(C)c1)S(=O)(=O)c1ccc(Cl)cc1. The van der Waals surface area contributed by atoms with Crippen LogP contribution in [0.25, 0.3) is 0 Å². The molecular formula is C33H40ClN3O4S. The lowest BCUT2D eigenvalue weighted by atomic mass is 10.1. The average molecular weight is 610 g/mol. The molecule has 9 heteroatoms. The number of nitrogens with zero attached hydrogens (tertiary/aromatic N) is 2. The lowest BCUT2D eigenvalue weighted by Crippen LogP contribution is -2.53. The molecule has 4 rings (SSSR count). The minimum Gasteiger partial charge on any atom is -0.352 e. The second-order valence-corrected chi connectivity index (χ2v) is 13.4. The molecule has 224 valence electrons. The Morgan fingerprint density at radius 3 is 2.21 bits per heavy atom. The first-order valence-electron chi connectivity index (χ1n) is 14.5. The number of rotatable bonds is 11. The van der Waals surface area contributed by atoms with Gasteiger partial charge in [0.15, 0.2) is 0 Å². The van der Waals surface area contributed by atoms with Gasteiger partial charge in [0.25, 0.3) is 10.0 Å². The van der Waals surface area contributed by atoms with Crippen molar-refractivity contribution in [1.82, 2.24) is 10.2 Å². The minimum absolute atomic E-state index is 0.0226. The van der Waals surface area contributed by atoms with Gasteiger partial charge in [-0.1, -0.05) is 61.7 Å². The molecule has 2 amide bonds. The Balaban J connectivity index is 1.74. The molecule has 1 N–H and O–H groups in total. The van der Waals surface area contributed by atoms with Gasteiger partial charge in [0.2, 0.25) is 11.8 Å². The van der Waals surface area contributed by atoms with Crippen LogP contribution in [0.15, 0.2) is 71.6 Å². The van der Waals surface area contributed by atoms with E-state index in [4.69, 9.17) is 11.6 Å². The second kappa shape index (κ2) is 13.7. The molecule has 1 fully saturated rings. The molecule has 0 heterocycles. The highest BCUT2D eigenvalue weighted by molar-refractivity contribution is 7.92. The average Bonchev–Trinajstić information content (AvgIpc) is 3.47. The van der Waals surface area contributed by atoms with Gasteiger partial charge in [0.05, 0.1) is 10.6 Å². The van der Waals surface area contributed by atoms with Crippen molar-refractivity contribution in [1.29, 1.82) is 0 Å². The third-order valence-electron chi connectivity index (χ3n) is 8.15. The van der Waals surface area contributed by atoms with Gasteiger partial charge in [-0.2, -0.15) is 0 Å². The van der Waals surface area contributed by atoms with Crippen LogP contribution in [0.1, 0.15) is 61.3 Å². The number of halogens is 1. The maximum absolute atomic E-state index is 14.3. The van der Waals surface area contributed by atoms with E-state index < -0.39 is 28.5 Å². The van der Waals surface area contributed by atoms with Gasteiger partial charge >= 0.3 is 0 Å². The fourth-order valence-corrected chi connectivity index (χ4v) is 6.93. The smallest absolute Gasteiger partial charge is 0.264 e. The summed E-state index contributed by atoms with van der Waals surface area (Å²) in [6.07, 6.45) is 4.38. The van der Waals surface area contributed by atoms with Gasteiger partial charge in [0, 0.05) is 17.6 Å². The van der Waals surface area contributed by atoms with Crippen LogP contribution in [-0.2, 0) is 26.2 Å². The Kier molecular flexibility index (Phi) is 10.3. The van der Waals surface area contributed by atoms with E-state index >= 15 is 0 Å². The summed E-state index contributed by atoms with van der Waals surface area (Å²) in [6, 6.07) is 18.3. The van der Waals surface area contributed by atoms with Crippen molar-refractivity contribution in [3.63, 3.8) is 0 Å². The maximum Gasteiger partial charge on any atom is 0.264 e. The molecule has 3 aromatic rings. The number of benzene rings is 3. The quantitative estimate of drug-likeness (QED) is 0.275. The van der Waals surface area contributed by atoms with Crippen LogP contribution in [0.2, 0.25) is 5.02 Å².